The van der Waals surface area contributed by atoms with Gasteiger partial charge in [-0.25, -0.2) is 4.79 Å². The summed E-state index contributed by atoms with van der Waals surface area (Å²) in [6.45, 7) is 5.83. The molecule has 4 heterocycles. The van der Waals surface area contributed by atoms with Gasteiger partial charge in [-0.1, -0.05) is 62.4 Å². The maximum absolute atomic E-state index is 15.0. The summed E-state index contributed by atoms with van der Waals surface area (Å²) < 4.78 is 0. The number of phenols is 1. The molecule has 18 N–H and O–H groups in total. The lowest BCUT2D eigenvalue weighted by Gasteiger charge is -2.32. The number of aromatic nitrogens is 1. The first-order valence-corrected chi connectivity index (χ1v) is 37.4. The molecule has 0 unspecified atom stereocenters. The zero-order valence-electron chi connectivity index (χ0n) is 60.6. The predicted molar refractivity (Wildman–Crippen MR) is 392 cm³/mol. The van der Waals surface area contributed by atoms with Crippen LogP contribution in [0.15, 0.2) is 84.1 Å². The van der Waals surface area contributed by atoms with Crippen LogP contribution in [-0.2, 0) is 70.4 Å². The highest BCUT2D eigenvalue weighted by Crippen LogP contribution is 2.35. The predicted octanol–water partition coefficient (Wildman–Crippen LogP) is -0.899. The lowest BCUT2D eigenvalue weighted by atomic mass is 9.94. The van der Waals surface area contributed by atoms with E-state index in [4.69, 9.17) is 17.2 Å². The maximum atomic E-state index is 15.0. The monoisotopic (exact) mass is 1480 g/mol. The highest BCUT2D eigenvalue weighted by Gasteiger charge is 2.43. The number of carboxylic acids is 1. The number of pyridine rings is 1. The van der Waals surface area contributed by atoms with E-state index in [0.717, 1.165) is 18.5 Å². The van der Waals surface area contributed by atoms with Gasteiger partial charge in [0.25, 0.3) is 0 Å². The van der Waals surface area contributed by atoms with E-state index in [1.54, 1.807) is 42.7 Å². The average Bonchev–Trinajstić information content (AvgIpc) is 1.72. The molecule has 576 valence electrons. The second-order valence-electron chi connectivity index (χ2n) is 27.4. The van der Waals surface area contributed by atoms with Crippen molar-refractivity contribution in [3.8, 4) is 5.75 Å². The summed E-state index contributed by atoms with van der Waals surface area (Å²) >= 11 is 1.41. The lowest BCUT2D eigenvalue weighted by Crippen LogP contribution is -2.61. The zero-order valence-corrected chi connectivity index (χ0v) is 61.4. The number of amides is 11. The topological polar surface area (TPSA) is 487 Å². The van der Waals surface area contributed by atoms with Crippen LogP contribution in [0, 0.1) is 11.8 Å². The van der Waals surface area contributed by atoms with Crippen molar-refractivity contribution in [2.24, 2.45) is 34.0 Å². The lowest BCUT2D eigenvalue weighted by molar-refractivity contribution is -0.145. The number of aliphatic hydroxyl groups excluding tert-OH is 1. The van der Waals surface area contributed by atoms with Crippen molar-refractivity contribution in [1.82, 2.24) is 67.5 Å². The van der Waals surface area contributed by atoms with E-state index < -0.39 is 132 Å². The van der Waals surface area contributed by atoms with Crippen molar-refractivity contribution in [1.29, 1.82) is 0 Å². The highest BCUT2D eigenvalue weighted by molar-refractivity contribution is 7.98. The van der Waals surface area contributed by atoms with E-state index in [0.29, 0.717) is 49.1 Å². The third kappa shape index (κ3) is 26.9. The minimum atomic E-state index is -1.70. The van der Waals surface area contributed by atoms with E-state index in [-0.39, 0.29) is 132 Å². The molecule has 6 rings (SSSR count). The molecule has 3 fully saturated rings. The molecule has 0 aliphatic carbocycles. The molecule has 3 aliphatic rings. The number of aromatic hydroxyl groups is 1. The molecule has 3 aromatic rings. The maximum Gasteiger partial charge on any atom is 0.326 e. The van der Waals surface area contributed by atoms with Gasteiger partial charge in [0, 0.05) is 70.3 Å². The van der Waals surface area contributed by atoms with Crippen molar-refractivity contribution in [2.45, 2.75) is 190 Å². The smallest absolute Gasteiger partial charge is 0.326 e. The molecular weight excluding hydrogens is 1370 g/mol. The van der Waals surface area contributed by atoms with Crippen LogP contribution in [0.5, 0.6) is 5.75 Å². The van der Waals surface area contributed by atoms with Gasteiger partial charge < -0.3 is 90.2 Å². The van der Waals surface area contributed by atoms with E-state index in [1.807, 2.05) is 39.3 Å². The molecule has 0 bridgehead atoms. The standard InChI is InChI=1S/C72H107N17O15S/c1-43(2)37-53(63(95)79-44(3)62(94)83-52(71(103)104)19-12-32-77-72(74)75)85-68(100)58-21-14-34-89(58)70(102)51(29-36-105-5)82-67(99)57-20-13-33-88(57)69(101)50(18-9-10-30-73)81-65(97)55(38-45-15-7-6-8-16-45)84-66(98)56(42-90)86-64(96)54(39-46-22-24-49(91)25-23-46)80-60(93)27-26-59(92)78-41-48-28-35-87(4)61(48)47-17-11-31-76-40-47/h6-8,11,15-17,22-25,31,40,43-44,48,50-58,61,90-91H,9-10,12-14,18-21,26-30,32-39,41-42,73H2,1-5H3,(H,78,92)(H,79,95)(H,80,93)(H,81,97)(H,82,99)(H,83,94)(H,84,98)(H,85,100)(H,86,96)(H,103,104)(H4,74,75,77)/t44-,48-,50+,51+,52+,53+,54+,55+,56+,57+,58+,61-/m1/s1. The summed E-state index contributed by atoms with van der Waals surface area (Å²) in [5.74, 6) is -8.96. The number of likely N-dealkylation sites (tertiary alicyclic amines) is 3. The van der Waals surface area contributed by atoms with Gasteiger partial charge in [-0.05, 0) is 163 Å². The van der Waals surface area contributed by atoms with Gasteiger partial charge in [-0.2, -0.15) is 11.8 Å². The fraction of sp³-hybridized carbons (Fsp3) is 0.583. The Balaban J connectivity index is 1.11. The van der Waals surface area contributed by atoms with Crippen LogP contribution < -0.4 is 65.1 Å². The van der Waals surface area contributed by atoms with Crippen molar-refractivity contribution in [2.75, 3.05) is 64.9 Å². The molecule has 0 saturated carbocycles. The van der Waals surface area contributed by atoms with Crippen molar-refractivity contribution < 1.29 is 72.9 Å². The van der Waals surface area contributed by atoms with Crippen molar-refractivity contribution in [3.63, 3.8) is 0 Å². The van der Waals surface area contributed by atoms with Crippen molar-refractivity contribution >= 4 is 88.7 Å². The van der Waals surface area contributed by atoms with Crippen LogP contribution in [0.4, 0.5) is 0 Å². The van der Waals surface area contributed by atoms with Crippen LogP contribution in [0.25, 0.3) is 0 Å². The molecule has 12 atom stereocenters. The van der Waals surface area contributed by atoms with Gasteiger partial charge in [0.15, 0.2) is 5.96 Å². The summed E-state index contributed by atoms with van der Waals surface area (Å²) in [5, 5.41) is 54.8. The number of guanidine groups is 1. The molecule has 32 nitrogen and oxygen atoms in total. The number of hydrogen-bond donors (Lipinski definition) is 15. The van der Waals surface area contributed by atoms with Gasteiger partial charge in [0.2, 0.25) is 65.0 Å². The van der Waals surface area contributed by atoms with E-state index in [9.17, 15) is 72.9 Å². The second kappa shape index (κ2) is 43.1. The first-order chi connectivity index (χ1) is 50.2. The van der Waals surface area contributed by atoms with Crippen LogP contribution >= 0.6 is 11.8 Å². The summed E-state index contributed by atoms with van der Waals surface area (Å²) in [6, 6.07) is 5.49. The molecule has 3 aliphatic heterocycles. The number of thioether (sulfide) groups is 1. The molecular formula is C72H107N17O15S. The molecule has 2 aromatic carbocycles. The number of carboxylic acid groups (broad SMARTS) is 1. The van der Waals surface area contributed by atoms with E-state index in [2.05, 4.69) is 62.7 Å². The number of unbranched alkanes of at least 4 members (excludes halogenated alkanes) is 1. The van der Waals surface area contributed by atoms with Crippen LogP contribution in [-0.4, -0.2) is 237 Å². The number of aliphatic imine (C=N–C) groups is 1. The van der Waals surface area contributed by atoms with Gasteiger partial charge >= 0.3 is 5.97 Å². The summed E-state index contributed by atoms with van der Waals surface area (Å²) in [6.07, 6.45) is 7.88. The number of aliphatic hydroxyl groups is 1. The Bertz CT molecular complexity index is 3430. The normalized spacial score (nSPS) is 18.7. The quantitative estimate of drug-likeness (QED) is 0.0186. The molecule has 3 saturated heterocycles. The Morgan fingerprint density at radius 3 is 1.74 bits per heavy atom. The Kier molecular flexibility index (Phi) is 34.7. The summed E-state index contributed by atoms with van der Waals surface area (Å²) in [4.78, 5) is 181. The number of nitrogens with one attached hydrogen (secondary N) is 9. The van der Waals surface area contributed by atoms with Gasteiger partial charge in [0.05, 0.1) is 6.61 Å². The minimum absolute atomic E-state index is 0.00697. The Hall–Kier alpha value is -9.47. The first-order valence-electron chi connectivity index (χ1n) is 36.0. The van der Waals surface area contributed by atoms with Crippen molar-refractivity contribution in [3.05, 3.63) is 95.8 Å². The SMILES string of the molecule is CSCC[C@H](NC(=O)[C@@H]1CCCN1C(=O)[C@H](CCCCN)NC(=O)[C@H](Cc1ccccc1)NC(=O)[C@H](CO)NC(=O)[C@H](Cc1ccc(O)cc1)NC(=O)CCC(=O)NC[C@H]1CCN(C)[C@@H]1c1cccnc1)C(=O)N1CCC[C@H]1C(=O)N[C@@H](CC(C)C)C(=O)N[C@H](C)C(=O)N[C@@H](CCCN=C(N)N)C(=O)O. The van der Waals surface area contributed by atoms with Crippen LogP contribution in [0.2, 0.25) is 0 Å². The van der Waals surface area contributed by atoms with E-state index >= 15 is 0 Å². The number of phenolic OH excluding ortho intramolecular Hbond substituents is 1. The number of nitrogens with zero attached hydrogens (tertiary/aromatic N) is 5. The number of hydrogen-bond acceptors (Lipinski definition) is 19. The number of carbonyl (C=O) groups is 12. The zero-order chi connectivity index (χ0) is 76.7. The summed E-state index contributed by atoms with van der Waals surface area (Å²) in [7, 11) is 2.01. The van der Waals surface area contributed by atoms with Gasteiger partial charge in [-0.15, -0.1) is 0 Å². The average molecular weight is 1480 g/mol. The van der Waals surface area contributed by atoms with Gasteiger partial charge in [0.1, 0.15) is 66.2 Å². The second-order valence-corrected chi connectivity index (χ2v) is 28.4. The largest absolute Gasteiger partial charge is 0.508 e. The summed E-state index contributed by atoms with van der Waals surface area (Å²) in [5.41, 5.74) is 18.7. The van der Waals surface area contributed by atoms with E-state index in [1.165, 1.54) is 52.8 Å². The fourth-order valence-corrected chi connectivity index (χ4v) is 13.7. The molecule has 0 spiro atoms. The highest BCUT2D eigenvalue weighted by atomic mass is 32.2. The number of nitrogens with two attached hydrogens (primary N) is 3. The number of benzene rings is 2. The van der Waals surface area contributed by atoms with Crippen LogP contribution in [0.3, 0.4) is 0 Å². The Morgan fingerprint density at radius 2 is 1.16 bits per heavy atom. The number of carbonyl (C=O) groups excluding carboxylic acids is 11. The fourth-order valence-electron chi connectivity index (χ4n) is 13.2. The van der Waals surface area contributed by atoms with Gasteiger partial charge in [-0.3, -0.25) is 67.6 Å². The molecule has 33 heteroatoms. The first kappa shape index (κ1) is 84.5. The number of aliphatic carboxylic acids is 1. The number of rotatable bonds is 42. The molecule has 1 aromatic heterocycles. The Morgan fingerprint density at radius 1 is 0.610 bits per heavy atom. The Labute approximate surface area is 616 Å². The van der Waals surface area contributed by atoms with Crippen LogP contribution in [0.1, 0.15) is 133 Å². The molecule has 11 amide bonds. The molecule has 0 radical (unpaired) electrons. The third-order valence-electron chi connectivity index (χ3n) is 18.8. The third-order valence-corrected chi connectivity index (χ3v) is 19.5. The minimum Gasteiger partial charge on any atom is -0.508 e. The molecule has 105 heavy (non-hydrogen) atoms.